The molecule has 1 heterocycles. The van der Waals surface area contributed by atoms with Crippen LogP contribution in [0.1, 0.15) is 6.92 Å². The number of carbonyl (C=O) groups excluding carboxylic acids is 1. The molecule has 0 spiro atoms. The third-order valence-corrected chi connectivity index (χ3v) is 1.89. The third-order valence-electron chi connectivity index (χ3n) is 1.68. The molecular weight excluding hydrogens is 204 g/mol. The van der Waals surface area contributed by atoms with Gasteiger partial charge in [0.15, 0.2) is 11.0 Å². The van der Waals surface area contributed by atoms with Crippen LogP contribution in [0.25, 0.3) is 0 Å². The topological polar surface area (TPSA) is 80.9 Å². The fourth-order valence-electron chi connectivity index (χ4n) is 0.739. The quantitative estimate of drug-likeness (QED) is 0.775. The van der Waals surface area contributed by atoms with E-state index in [-0.39, 0.29) is 17.0 Å². The summed E-state index contributed by atoms with van der Waals surface area (Å²) in [7, 11) is 0. The minimum atomic E-state index is -0.243. The molecule has 1 rings (SSSR count). The van der Waals surface area contributed by atoms with E-state index in [0.717, 1.165) is 0 Å². The highest BCUT2D eigenvalue weighted by molar-refractivity contribution is 6.29. The monoisotopic (exact) mass is 214 g/mol. The van der Waals surface area contributed by atoms with Crippen LogP contribution in [0.2, 0.25) is 5.15 Å². The Balaban J connectivity index is 2.60. The normalized spacial score (nSPS) is 12.2. The molecule has 1 amide bonds. The molecule has 1 unspecified atom stereocenters. The Bertz CT molecular complexity index is 314. The molecule has 1 aromatic heterocycles. The van der Waals surface area contributed by atoms with Crippen molar-refractivity contribution in [2.24, 2.45) is 11.7 Å². The summed E-state index contributed by atoms with van der Waals surface area (Å²) in [6.07, 6.45) is 0. The van der Waals surface area contributed by atoms with Gasteiger partial charge in [-0.1, -0.05) is 18.5 Å². The summed E-state index contributed by atoms with van der Waals surface area (Å²) in [5.41, 5.74) is 5.33. The highest BCUT2D eigenvalue weighted by Crippen LogP contribution is 2.07. The summed E-state index contributed by atoms with van der Waals surface area (Å²) < 4.78 is 0. The summed E-state index contributed by atoms with van der Waals surface area (Å²) in [6, 6.07) is 3.13. The van der Waals surface area contributed by atoms with E-state index in [1.165, 1.54) is 0 Å². The van der Waals surface area contributed by atoms with Crippen LogP contribution < -0.4 is 11.1 Å². The molecule has 6 heteroatoms. The number of nitrogens with zero attached hydrogens (tertiary/aromatic N) is 2. The van der Waals surface area contributed by atoms with Crippen molar-refractivity contribution >= 4 is 23.3 Å². The van der Waals surface area contributed by atoms with Gasteiger partial charge in [0.25, 0.3) is 0 Å². The number of carbonyl (C=O) groups is 1. The first-order valence-corrected chi connectivity index (χ1v) is 4.51. The Labute approximate surface area is 86.7 Å². The molecule has 0 aliphatic rings. The van der Waals surface area contributed by atoms with Crippen molar-refractivity contribution in [3.05, 3.63) is 17.3 Å². The van der Waals surface area contributed by atoms with Gasteiger partial charge in [-0.3, -0.25) is 4.79 Å². The summed E-state index contributed by atoms with van der Waals surface area (Å²) in [5.74, 6) is -0.0451. The number of anilines is 1. The molecular formula is C8H11ClN4O. The Morgan fingerprint density at radius 3 is 2.86 bits per heavy atom. The fourth-order valence-corrected chi connectivity index (χ4v) is 0.840. The number of nitrogens with one attached hydrogen (secondary N) is 1. The summed E-state index contributed by atoms with van der Waals surface area (Å²) in [4.78, 5) is 11.3. The number of nitrogens with two attached hydrogens (primary N) is 1. The number of amides is 1. The van der Waals surface area contributed by atoms with E-state index >= 15 is 0 Å². The Hall–Kier alpha value is -1.20. The van der Waals surface area contributed by atoms with Gasteiger partial charge in [-0.2, -0.15) is 0 Å². The molecule has 0 bridgehead atoms. The van der Waals surface area contributed by atoms with Crippen molar-refractivity contribution in [2.75, 3.05) is 11.9 Å². The van der Waals surface area contributed by atoms with Gasteiger partial charge in [-0.15, -0.1) is 10.2 Å². The lowest BCUT2D eigenvalue weighted by molar-refractivity contribution is -0.119. The van der Waals surface area contributed by atoms with Crippen LogP contribution in [0.15, 0.2) is 12.1 Å². The van der Waals surface area contributed by atoms with Gasteiger partial charge in [0.05, 0.1) is 0 Å². The smallest absolute Gasteiger partial charge is 0.229 e. The Kier molecular flexibility index (Phi) is 3.79. The maximum Gasteiger partial charge on any atom is 0.229 e. The predicted octanol–water partition coefficient (Wildman–Crippen LogP) is 0.663. The number of halogens is 1. The predicted molar refractivity (Wildman–Crippen MR) is 53.9 cm³/mol. The first-order valence-electron chi connectivity index (χ1n) is 4.13. The second-order valence-corrected chi connectivity index (χ2v) is 3.25. The maximum absolute atomic E-state index is 11.3. The van der Waals surface area contributed by atoms with E-state index in [1.807, 2.05) is 0 Å². The number of aromatic nitrogens is 2. The zero-order chi connectivity index (χ0) is 10.6. The molecule has 1 aromatic rings. The van der Waals surface area contributed by atoms with Gasteiger partial charge in [0, 0.05) is 12.5 Å². The molecule has 1 atom stereocenters. The van der Waals surface area contributed by atoms with E-state index in [0.29, 0.717) is 12.4 Å². The molecule has 76 valence electrons. The van der Waals surface area contributed by atoms with E-state index in [2.05, 4.69) is 15.5 Å². The molecule has 0 radical (unpaired) electrons. The molecule has 0 aromatic carbocycles. The zero-order valence-electron chi connectivity index (χ0n) is 7.70. The molecule has 14 heavy (non-hydrogen) atoms. The van der Waals surface area contributed by atoms with E-state index < -0.39 is 0 Å². The van der Waals surface area contributed by atoms with Crippen LogP contribution in [-0.4, -0.2) is 22.6 Å². The van der Waals surface area contributed by atoms with E-state index in [4.69, 9.17) is 17.3 Å². The van der Waals surface area contributed by atoms with Crippen LogP contribution in [0.5, 0.6) is 0 Å². The van der Waals surface area contributed by atoms with Crippen LogP contribution in [0.3, 0.4) is 0 Å². The highest BCUT2D eigenvalue weighted by Gasteiger charge is 2.11. The fraction of sp³-hybridized carbons (Fsp3) is 0.375. The third kappa shape index (κ3) is 2.93. The SMILES string of the molecule is CC(CN)C(=O)Nc1ccc(Cl)nn1. The first-order chi connectivity index (χ1) is 6.63. The number of hydrogen-bond acceptors (Lipinski definition) is 4. The van der Waals surface area contributed by atoms with Crippen molar-refractivity contribution in [3.8, 4) is 0 Å². The lowest BCUT2D eigenvalue weighted by Crippen LogP contribution is -2.27. The minimum absolute atomic E-state index is 0.177. The number of hydrogen-bond donors (Lipinski definition) is 2. The molecule has 3 N–H and O–H groups in total. The van der Waals surface area contributed by atoms with Gasteiger partial charge in [-0.25, -0.2) is 0 Å². The van der Waals surface area contributed by atoms with Crippen molar-refractivity contribution in [1.82, 2.24) is 10.2 Å². The zero-order valence-corrected chi connectivity index (χ0v) is 8.45. The van der Waals surface area contributed by atoms with Crippen LogP contribution in [-0.2, 0) is 4.79 Å². The lowest BCUT2D eigenvalue weighted by Gasteiger charge is -2.07. The summed E-state index contributed by atoms with van der Waals surface area (Å²) in [6.45, 7) is 2.03. The molecule has 5 nitrogen and oxygen atoms in total. The Morgan fingerprint density at radius 1 is 1.64 bits per heavy atom. The second kappa shape index (κ2) is 4.88. The minimum Gasteiger partial charge on any atom is -0.330 e. The van der Waals surface area contributed by atoms with Gasteiger partial charge >= 0.3 is 0 Å². The van der Waals surface area contributed by atoms with Crippen molar-refractivity contribution in [1.29, 1.82) is 0 Å². The van der Waals surface area contributed by atoms with E-state index in [9.17, 15) is 4.79 Å². The first kappa shape index (κ1) is 10.9. The largest absolute Gasteiger partial charge is 0.330 e. The van der Waals surface area contributed by atoms with E-state index in [1.54, 1.807) is 19.1 Å². The van der Waals surface area contributed by atoms with Gasteiger partial charge in [0.2, 0.25) is 5.91 Å². The van der Waals surface area contributed by atoms with Crippen LogP contribution in [0.4, 0.5) is 5.82 Å². The average Bonchev–Trinajstić information content (AvgIpc) is 2.20. The molecule has 0 fully saturated rings. The molecule has 0 aliphatic heterocycles. The van der Waals surface area contributed by atoms with Gasteiger partial charge < -0.3 is 11.1 Å². The molecule has 0 aliphatic carbocycles. The standard InChI is InChI=1S/C8H11ClN4O/c1-5(4-10)8(14)11-7-3-2-6(9)12-13-7/h2-3,5H,4,10H2,1H3,(H,11,13,14). The van der Waals surface area contributed by atoms with Crippen LogP contribution >= 0.6 is 11.6 Å². The van der Waals surface area contributed by atoms with Gasteiger partial charge in [-0.05, 0) is 12.1 Å². The van der Waals surface area contributed by atoms with Crippen LogP contribution in [0, 0.1) is 5.92 Å². The Morgan fingerprint density at radius 2 is 2.36 bits per heavy atom. The van der Waals surface area contributed by atoms with Crippen molar-refractivity contribution in [2.45, 2.75) is 6.92 Å². The van der Waals surface area contributed by atoms with Crippen molar-refractivity contribution < 1.29 is 4.79 Å². The lowest BCUT2D eigenvalue weighted by atomic mass is 10.2. The average molecular weight is 215 g/mol. The van der Waals surface area contributed by atoms with Crippen molar-refractivity contribution in [3.63, 3.8) is 0 Å². The highest BCUT2D eigenvalue weighted by atomic mass is 35.5. The molecule has 0 saturated carbocycles. The number of rotatable bonds is 3. The summed E-state index contributed by atoms with van der Waals surface area (Å²) in [5, 5.41) is 10.1. The second-order valence-electron chi connectivity index (χ2n) is 2.87. The maximum atomic E-state index is 11.3. The summed E-state index contributed by atoms with van der Waals surface area (Å²) >= 11 is 5.53. The molecule has 0 saturated heterocycles. The van der Waals surface area contributed by atoms with Gasteiger partial charge in [0.1, 0.15) is 0 Å².